The van der Waals surface area contributed by atoms with Crippen molar-refractivity contribution in [3.8, 4) is 6.07 Å². The number of thioether (sulfide) groups is 1. The SMILES string of the molecule is C[C@H]1C(C#N)=C(SCC(N)=O)NC2=C1C(=O)CC(C)(C)C2. The Morgan fingerprint density at radius 1 is 1.52 bits per heavy atom. The monoisotopic (exact) mass is 305 g/mol. The van der Waals surface area contributed by atoms with Crippen molar-refractivity contribution >= 4 is 23.5 Å². The highest BCUT2D eigenvalue weighted by Gasteiger charge is 2.39. The minimum absolute atomic E-state index is 0.0910. The smallest absolute Gasteiger partial charge is 0.227 e. The fourth-order valence-corrected chi connectivity index (χ4v) is 3.76. The number of amides is 1. The highest BCUT2D eigenvalue weighted by atomic mass is 32.2. The number of dihydropyridines is 1. The number of nitrogens with two attached hydrogens (primary N) is 1. The standard InChI is InChI=1S/C15H19N3O2S/c1-8-9(6-16)14(21-7-12(17)20)18-10-4-15(2,3)5-11(19)13(8)10/h8,18H,4-5,7H2,1-3H3,(H2,17,20)/t8-/m0/s1. The quantitative estimate of drug-likeness (QED) is 0.829. The van der Waals surface area contributed by atoms with Crippen molar-refractivity contribution in [1.29, 1.82) is 5.26 Å². The van der Waals surface area contributed by atoms with Crippen LogP contribution in [0.1, 0.15) is 33.6 Å². The predicted octanol–water partition coefficient (Wildman–Crippen LogP) is 1.82. The number of carbonyl (C=O) groups is 2. The summed E-state index contributed by atoms with van der Waals surface area (Å²) in [5.41, 5.74) is 7.19. The lowest BCUT2D eigenvalue weighted by molar-refractivity contribution is -0.118. The zero-order valence-electron chi connectivity index (χ0n) is 12.4. The van der Waals surface area contributed by atoms with Gasteiger partial charge in [-0.3, -0.25) is 9.59 Å². The third-order valence-corrected chi connectivity index (χ3v) is 4.81. The summed E-state index contributed by atoms with van der Waals surface area (Å²) in [4.78, 5) is 23.3. The number of allylic oxidation sites excluding steroid dienone is 3. The van der Waals surface area contributed by atoms with Gasteiger partial charge in [-0.05, 0) is 11.8 Å². The van der Waals surface area contributed by atoms with Crippen LogP contribution in [0.25, 0.3) is 0 Å². The van der Waals surface area contributed by atoms with Crippen molar-refractivity contribution in [1.82, 2.24) is 5.32 Å². The normalized spacial score (nSPS) is 24.3. The van der Waals surface area contributed by atoms with Gasteiger partial charge in [0.2, 0.25) is 5.91 Å². The molecule has 112 valence electrons. The summed E-state index contributed by atoms with van der Waals surface area (Å²) in [7, 11) is 0. The molecular formula is C15H19N3O2S. The molecule has 1 amide bonds. The minimum Gasteiger partial charge on any atom is -0.369 e. The number of nitrogens with zero attached hydrogens (tertiary/aromatic N) is 1. The molecule has 0 aromatic heterocycles. The van der Waals surface area contributed by atoms with Gasteiger partial charge in [0.1, 0.15) is 0 Å². The lowest BCUT2D eigenvalue weighted by Gasteiger charge is -2.37. The van der Waals surface area contributed by atoms with E-state index in [1.165, 1.54) is 11.8 Å². The number of hydrogen-bond donors (Lipinski definition) is 2. The number of primary amides is 1. The van der Waals surface area contributed by atoms with Crippen LogP contribution in [0.4, 0.5) is 0 Å². The van der Waals surface area contributed by atoms with Gasteiger partial charge in [0.05, 0.1) is 22.4 Å². The van der Waals surface area contributed by atoms with Gasteiger partial charge in [-0.2, -0.15) is 5.26 Å². The van der Waals surface area contributed by atoms with Gasteiger partial charge in [-0.25, -0.2) is 0 Å². The summed E-state index contributed by atoms with van der Waals surface area (Å²) < 4.78 is 0. The summed E-state index contributed by atoms with van der Waals surface area (Å²) in [6, 6.07) is 2.16. The Labute approximate surface area is 128 Å². The van der Waals surface area contributed by atoms with Crippen molar-refractivity contribution in [2.24, 2.45) is 17.1 Å². The maximum absolute atomic E-state index is 12.4. The lowest BCUT2D eigenvalue weighted by Crippen LogP contribution is -2.37. The molecule has 1 heterocycles. The number of ketones is 1. The van der Waals surface area contributed by atoms with Gasteiger partial charge in [0.15, 0.2) is 5.78 Å². The molecule has 0 aromatic rings. The maximum Gasteiger partial charge on any atom is 0.227 e. The molecule has 1 atom stereocenters. The minimum atomic E-state index is -0.431. The van der Waals surface area contributed by atoms with Crippen LogP contribution >= 0.6 is 11.8 Å². The first kappa shape index (κ1) is 15.6. The number of carbonyl (C=O) groups excluding carboxylic acids is 2. The molecule has 3 N–H and O–H groups in total. The van der Waals surface area contributed by atoms with Gasteiger partial charge in [-0.1, -0.05) is 32.5 Å². The summed E-state index contributed by atoms with van der Waals surface area (Å²) in [5.74, 6) is -0.447. The topological polar surface area (TPSA) is 96.0 Å². The Hall–Kier alpha value is -1.74. The first-order valence-electron chi connectivity index (χ1n) is 6.84. The maximum atomic E-state index is 12.4. The Kier molecular flexibility index (Phi) is 4.15. The third-order valence-electron chi connectivity index (χ3n) is 3.77. The molecule has 2 aliphatic rings. The molecular weight excluding hydrogens is 286 g/mol. The summed E-state index contributed by atoms with van der Waals surface area (Å²) in [5, 5.41) is 13.2. The molecule has 0 spiro atoms. The summed E-state index contributed by atoms with van der Waals surface area (Å²) in [6.45, 7) is 5.98. The average Bonchev–Trinajstić information content (AvgIpc) is 2.33. The molecule has 0 unspecified atom stereocenters. The molecule has 0 radical (unpaired) electrons. The van der Waals surface area contributed by atoms with Gasteiger partial charge >= 0.3 is 0 Å². The highest BCUT2D eigenvalue weighted by molar-refractivity contribution is 8.03. The molecule has 0 saturated carbocycles. The molecule has 21 heavy (non-hydrogen) atoms. The van der Waals surface area contributed by atoms with E-state index in [2.05, 4.69) is 25.2 Å². The van der Waals surface area contributed by atoms with E-state index in [0.29, 0.717) is 22.6 Å². The molecule has 0 fully saturated rings. The average molecular weight is 305 g/mol. The third kappa shape index (κ3) is 3.13. The zero-order valence-corrected chi connectivity index (χ0v) is 13.3. The van der Waals surface area contributed by atoms with Crippen molar-refractivity contribution < 1.29 is 9.59 Å². The van der Waals surface area contributed by atoms with Crippen molar-refractivity contribution in [3.63, 3.8) is 0 Å². The van der Waals surface area contributed by atoms with Crippen LogP contribution in [0.15, 0.2) is 21.9 Å². The van der Waals surface area contributed by atoms with Crippen LogP contribution < -0.4 is 11.1 Å². The molecule has 1 aliphatic carbocycles. The second kappa shape index (κ2) is 5.57. The Bertz CT molecular complexity index is 611. The van der Waals surface area contributed by atoms with E-state index in [0.717, 1.165) is 12.1 Å². The molecule has 1 aliphatic heterocycles. The number of nitriles is 1. The van der Waals surface area contributed by atoms with Crippen molar-refractivity contribution in [2.75, 3.05) is 5.75 Å². The van der Waals surface area contributed by atoms with Crippen LogP contribution in [0.2, 0.25) is 0 Å². The summed E-state index contributed by atoms with van der Waals surface area (Å²) in [6.07, 6.45) is 1.26. The second-order valence-corrected chi connectivity index (χ2v) is 7.28. The van der Waals surface area contributed by atoms with Crippen molar-refractivity contribution in [2.45, 2.75) is 33.6 Å². The van der Waals surface area contributed by atoms with E-state index in [1.54, 1.807) is 0 Å². The van der Waals surface area contributed by atoms with E-state index < -0.39 is 5.91 Å². The van der Waals surface area contributed by atoms with Gasteiger partial charge in [0.25, 0.3) is 0 Å². The lowest BCUT2D eigenvalue weighted by atomic mass is 9.71. The molecule has 2 rings (SSSR count). The first-order chi connectivity index (χ1) is 9.75. The van der Waals surface area contributed by atoms with Crippen molar-refractivity contribution in [3.05, 3.63) is 21.9 Å². The number of hydrogen-bond acceptors (Lipinski definition) is 5. The molecule has 0 bridgehead atoms. The Balaban J connectivity index is 2.35. The van der Waals surface area contributed by atoms with Crippen LogP contribution in [0.3, 0.4) is 0 Å². The molecule has 0 saturated heterocycles. The van der Waals surface area contributed by atoms with Crippen LogP contribution in [0.5, 0.6) is 0 Å². The fourth-order valence-electron chi connectivity index (χ4n) is 2.90. The van der Waals surface area contributed by atoms with E-state index in [-0.39, 0.29) is 22.9 Å². The summed E-state index contributed by atoms with van der Waals surface area (Å²) >= 11 is 1.23. The highest BCUT2D eigenvalue weighted by Crippen LogP contribution is 2.43. The second-order valence-electron chi connectivity index (χ2n) is 6.29. The molecule has 6 heteroatoms. The molecule has 0 aromatic carbocycles. The largest absolute Gasteiger partial charge is 0.369 e. The Morgan fingerprint density at radius 2 is 2.19 bits per heavy atom. The first-order valence-corrected chi connectivity index (χ1v) is 7.82. The number of rotatable bonds is 3. The Morgan fingerprint density at radius 3 is 2.76 bits per heavy atom. The van der Waals surface area contributed by atoms with E-state index in [4.69, 9.17) is 5.73 Å². The van der Waals surface area contributed by atoms with Crippen LogP contribution in [-0.4, -0.2) is 17.4 Å². The van der Waals surface area contributed by atoms with E-state index in [9.17, 15) is 14.9 Å². The van der Waals surface area contributed by atoms with Gasteiger partial charge in [-0.15, -0.1) is 0 Å². The van der Waals surface area contributed by atoms with E-state index >= 15 is 0 Å². The number of Topliss-reactive ketones (excluding diaryl/α,β-unsaturated/α-hetero) is 1. The van der Waals surface area contributed by atoms with E-state index in [1.807, 2.05) is 6.92 Å². The van der Waals surface area contributed by atoms with Crippen LogP contribution in [0, 0.1) is 22.7 Å². The van der Waals surface area contributed by atoms with Crippen LogP contribution in [-0.2, 0) is 9.59 Å². The number of nitrogens with one attached hydrogen (secondary N) is 1. The van der Waals surface area contributed by atoms with Gasteiger partial charge < -0.3 is 11.1 Å². The molecule has 5 nitrogen and oxygen atoms in total. The van der Waals surface area contributed by atoms with Gasteiger partial charge in [0, 0.05) is 23.6 Å². The fraction of sp³-hybridized carbons (Fsp3) is 0.533. The predicted molar refractivity (Wildman–Crippen MR) is 81.6 cm³/mol. The zero-order chi connectivity index (χ0) is 15.8.